The van der Waals surface area contributed by atoms with Gasteiger partial charge < -0.3 is 20.5 Å². The molecule has 1 aromatic carbocycles. The van der Waals surface area contributed by atoms with Crippen LogP contribution in [0.4, 0.5) is 0 Å². The van der Waals surface area contributed by atoms with Crippen molar-refractivity contribution in [3.8, 4) is 0 Å². The Morgan fingerprint density at radius 2 is 2.33 bits per heavy atom. The second-order valence-electron chi connectivity index (χ2n) is 4.13. The summed E-state index contributed by atoms with van der Waals surface area (Å²) in [6.07, 6.45) is -0.0881. The summed E-state index contributed by atoms with van der Waals surface area (Å²) in [6.45, 7) is 2.41. The highest BCUT2D eigenvalue weighted by atomic mass is 16.5. The molecule has 0 unspecified atom stereocenters. The van der Waals surface area contributed by atoms with Crippen molar-refractivity contribution in [2.45, 2.75) is 6.10 Å². The minimum atomic E-state index is -0.172. The van der Waals surface area contributed by atoms with Crippen LogP contribution in [0.1, 0.15) is 22.0 Å². The van der Waals surface area contributed by atoms with Gasteiger partial charge >= 0.3 is 0 Å². The lowest BCUT2D eigenvalue weighted by atomic mass is 10.0. The zero-order chi connectivity index (χ0) is 12.8. The summed E-state index contributed by atoms with van der Waals surface area (Å²) in [5.74, 6) is -0.172. The second kappa shape index (κ2) is 6.49. The van der Waals surface area contributed by atoms with Gasteiger partial charge in [-0.1, -0.05) is 18.2 Å². The molecule has 18 heavy (non-hydrogen) atoms. The third kappa shape index (κ3) is 3.07. The Bertz CT molecular complexity index is 403. The van der Waals surface area contributed by atoms with E-state index < -0.39 is 0 Å². The van der Waals surface area contributed by atoms with Gasteiger partial charge in [0.15, 0.2) is 0 Å². The van der Waals surface area contributed by atoms with E-state index in [-0.39, 0.29) is 25.2 Å². The number of ether oxygens (including phenoxy) is 1. The summed E-state index contributed by atoms with van der Waals surface area (Å²) >= 11 is 0. The maximum Gasteiger partial charge on any atom is 0.251 e. The molecule has 0 bridgehead atoms. The summed E-state index contributed by atoms with van der Waals surface area (Å²) in [6, 6.07) is 7.41. The molecule has 1 aromatic rings. The third-order valence-corrected chi connectivity index (χ3v) is 2.88. The lowest BCUT2D eigenvalue weighted by molar-refractivity contribution is 0.0270. The standard InChI is InChI=1S/C13H18N2O3/c16-7-5-15-13(17)11-4-2-1-3-10(11)12-9-14-6-8-18-12/h1-4,12,14,16H,5-9H2,(H,15,17)/t12-/m1/s1. The fourth-order valence-electron chi connectivity index (χ4n) is 2.01. The molecule has 3 N–H and O–H groups in total. The Morgan fingerprint density at radius 3 is 3.06 bits per heavy atom. The van der Waals surface area contributed by atoms with Gasteiger partial charge in [-0.25, -0.2) is 0 Å². The number of morpholine rings is 1. The smallest absolute Gasteiger partial charge is 0.251 e. The van der Waals surface area contributed by atoms with Crippen LogP contribution < -0.4 is 10.6 Å². The maximum atomic E-state index is 12.0. The number of aliphatic hydroxyl groups excluding tert-OH is 1. The Kier molecular flexibility index (Phi) is 4.69. The van der Waals surface area contributed by atoms with Crippen molar-refractivity contribution >= 4 is 5.91 Å². The molecule has 1 aliphatic rings. The topological polar surface area (TPSA) is 70.6 Å². The Balaban J connectivity index is 2.16. The summed E-state index contributed by atoms with van der Waals surface area (Å²) in [5.41, 5.74) is 1.50. The molecule has 1 aliphatic heterocycles. The summed E-state index contributed by atoms with van der Waals surface area (Å²) in [7, 11) is 0. The number of benzene rings is 1. The van der Waals surface area contributed by atoms with Crippen molar-refractivity contribution < 1.29 is 14.6 Å². The van der Waals surface area contributed by atoms with Gasteiger partial charge in [0.25, 0.3) is 5.91 Å². The van der Waals surface area contributed by atoms with Crippen molar-refractivity contribution in [2.24, 2.45) is 0 Å². The summed E-state index contributed by atoms with van der Waals surface area (Å²) in [5, 5.41) is 14.6. The molecule has 1 saturated heterocycles. The van der Waals surface area contributed by atoms with E-state index in [1.807, 2.05) is 18.2 Å². The van der Waals surface area contributed by atoms with Crippen LogP contribution in [0, 0.1) is 0 Å². The number of rotatable bonds is 4. The maximum absolute atomic E-state index is 12.0. The quantitative estimate of drug-likeness (QED) is 0.707. The van der Waals surface area contributed by atoms with Crippen LogP contribution in [0.25, 0.3) is 0 Å². The minimum Gasteiger partial charge on any atom is -0.395 e. The molecule has 1 heterocycles. The number of hydrogen-bond acceptors (Lipinski definition) is 4. The zero-order valence-corrected chi connectivity index (χ0v) is 10.2. The number of carbonyl (C=O) groups is 1. The Labute approximate surface area is 106 Å². The molecule has 0 radical (unpaired) electrons. The van der Waals surface area contributed by atoms with Crippen molar-refractivity contribution in [3.63, 3.8) is 0 Å². The monoisotopic (exact) mass is 250 g/mol. The molecule has 0 aliphatic carbocycles. The van der Waals surface area contributed by atoms with Crippen molar-refractivity contribution in [2.75, 3.05) is 32.8 Å². The molecular weight excluding hydrogens is 232 g/mol. The van der Waals surface area contributed by atoms with E-state index in [1.54, 1.807) is 6.07 Å². The van der Waals surface area contributed by atoms with E-state index in [0.717, 1.165) is 12.1 Å². The SMILES string of the molecule is O=C(NCCO)c1ccccc1[C@H]1CNCCO1. The van der Waals surface area contributed by atoms with Gasteiger partial charge in [0, 0.05) is 25.2 Å². The first-order valence-corrected chi connectivity index (χ1v) is 6.13. The van der Waals surface area contributed by atoms with Crippen molar-refractivity contribution in [3.05, 3.63) is 35.4 Å². The van der Waals surface area contributed by atoms with Crippen molar-refractivity contribution in [1.29, 1.82) is 0 Å². The highest BCUT2D eigenvalue weighted by Gasteiger charge is 2.21. The van der Waals surface area contributed by atoms with Gasteiger partial charge in [0.2, 0.25) is 0 Å². The van der Waals surface area contributed by atoms with Gasteiger partial charge in [-0.05, 0) is 11.6 Å². The van der Waals surface area contributed by atoms with Crippen LogP contribution in [0.2, 0.25) is 0 Å². The average Bonchev–Trinajstić information content (AvgIpc) is 2.45. The Morgan fingerprint density at radius 1 is 1.50 bits per heavy atom. The molecule has 1 amide bonds. The third-order valence-electron chi connectivity index (χ3n) is 2.88. The molecule has 2 rings (SSSR count). The van der Waals surface area contributed by atoms with Gasteiger partial charge in [-0.2, -0.15) is 0 Å². The van der Waals surface area contributed by atoms with Crippen LogP contribution in [-0.4, -0.2) is 43.9 Å². The van der Waals surface area contributed by atoms with Gasteiger partial charge in [0.1, 0.15) is 0 Å². The number of nitrogens with one attached hydrogen (secondary N) is 2. The van der Waals surface area contributed by atoms with E-state index in [2.05, 4.69) is 10.6 Å². The lowest BCUT2D eigenvalue weighted by Gasteiger charge is -2.25. The van der Waals surface area contributed by atoms with E-state index in [9.17, 15) is 4.79 Å². The number of hydrogen-bond donors (Lipinski definition) is 3. The highest BCUT2D eigenvalue weighted by Crippen LogP contribution is 2.22. The van der Waals surface area contributed by atoms with Crippen LogP contribution in [0.5, 0.6) is 0 Å². The molecule has 1 atom stereocenters. The second-order valence-corrected chi connectivity index (χ2v) is 4.13. The first-order chi connectivity index (χ1) is 8.83. The van der Waals surface area contributed by atoms with Gasteiger partial charge in [-0.15, -0.1) is 0 Å². The normalized spacial score (nSPS) is 19.5. The van der Waals surface area contributed by atoms with E-state index in [0.29, 0.717) is 18.7 Å². The first kappa shape index (κ1) is 13.0. The van der Waals surface area contributed by atoms with Crippen LogP contribution in [0.15, 0.2) is 24.3 Å². The van der Waals surface area contributed by atoms with Gasteiger partial charge in [-0.3, -0.25) is 4.79 Å². The predicted octanol–water partition coefficient (Wildman–Crippen LogP) is 0.0696. The van der Waals surface area contributed by atoms with Gasteiger partial charge in [0.05, 0.1) is 19.3 Å². The molecule has 0 spiro atoms. The van der Waals surface area contributed by atoms with Crippen LogP contribution in [-0.2, 0) is 4.74 Å². The molecule has 0 aromatic heterocycles. The molecule has 1 fully saturated rings. The zero-order valence-electron chi connectivity index (χ0n) is 10.2. The average molecular weight is 250 g/mol. The molecule has 0 saturated carbocycles. The van der Waals surface area contributed by atoms with Crippen LogP contribution >= 0.6 is 0 Å². The van der Waals surface area contributed by atoms with E-state index >= 15 is 0 Å². The van der Waals surface area contributed by atoms with E-state index in [1.165, 1.54) is 0 Å². The fraction of sp³-hybridized carbons (Fsp3) is 0.462. The first-order valence-electron chi connectivity index (χ1n) is 6.13. The number of carbonyl (C=O) groups excluding carboxylic acids is 1. The minimum absolute atomic E-state index is 0.0601. The molecular formula is C13H18N2O3. The highest BCUT2D eigenvalue weighted by molar-refractivity contribution is 5.95. The molecule has 5 nitrogen and oxygen atoms in total. The number of aliphatic hydroxyl groups is 1. The summed E-state index contributed by atoms with van der Waals surface area (Å²) < 4.78 is 5.67. The van der Waals surface area contributed by atoms with Crippen LogP contribution in [0.3, 0.4) is 0 Å². The van der Waals surface area contributed by atoms with E-state index in [4.69, 9.17) is 9.84 Å². The summed E-state index contributed by atoms with van der Waals surface area (Å²) in [4.78, 5) is 12.0. The predicted molar refractivity (Wildman–Crippen MR) is 67.4 cm³/mol. The van der Waals surface area contributed by atoms with Crippen molar-refractivity contribution in [1.82, 2.24) is 10.6 Å². The fourth-order valence-corrected chi connectivity index (χ4v) is 2.01. The number of amides is 1. The molecule has 5 heteroatoms. The molecule has 98 valence electrons. The lowest BCUT2D eigenvalue weighted by Crippen LogP contribution is -2.35. The largest absolute Gasteiger partial charge is 0.395 e. The Hall–Kier alpha value is -1.43.